The number of carbonyl (C=O) groups is 1. The number of aryl methyl sites for hydroxylation is 2. The van der Waals surface area contributed by atoms with E-state index in [1.807, 2.05) is 40.7 Å². The molecule has 1 aromatic carbocycles. The van der Waals surface area contributed by atoms with E-state index in [-0.39, 0.29) is 11.3 Å². The molecule has 2 rings (SSSR count). The maximum absolute atomic E-state index is 12.8. The van der Waals surface area contributed by atoms with E-state index in [1.165, 1.54) is 4.31 Å². The largest absolute Gasteiger partial charge is 0.340 e. The van der Waals surface area contributed by atoms with Gasteiger partial charge in [-0.2, -0.15) is 4.31 Å². The number of carbonyl (C=O) groups excluding carboxylic acids is 1. The highest BCUT2D eigenvalue weighted by atomic mass is 32.2. The zero-order valence-electron chi connectivity index (χ0n) is 15.3. The lowest BCUT2D eigenvalue weighted by Gasteiger charge is -2.35. The third-order valence-corrected chi connectivity index (χ3v) is 6.28. The summed E-state index contributed by atoms with van der Waals surface area (Å²) in [5.41, 5.74) is 1.99. The van der Waals surface area contributed by atoms with E-state index in [9.17, 15) is 13.2 Å². The second kappa shape index (κ2) is 6.84. The van der Waals surface area contributed by atoms with Crippen molar-refractivity contribution >= 4 is 15.9 Å². The zero-order chi connectivity index (χ0) is 18.1. The Morgan fingerprint density at radius 3 is 2.12 bits per heavy atom. The lowest BCUT2D eigenvalue weighted by atomic mass is 9.91. The predicted octanol–water partition coefficient (Wildman–Crippen LogP) is 2.57. The second-order valence-electron chi connectivity index (χ2n) is 7.77. The van der Waals surface area contributed by atoms with Gasteiger partial charge in [0.2, 0.25) is 15.9 Å². The van der Waals surface area contributed by atoms with Crippen LogP contribution in [0.2, 0.25) is 0 Å². The Hall–Kier alpha value is -1.40. The van der Waals surface area contributed by atoms with Crippen molar-refractivity contribution in [3.8, 4) is 0 Å². The first kappa shape index (κ1) is 18.9. The number of sulfonamides is 1. The highest BCUT2D eigenvalue weighted by Gasteiger charge is 2.31. The zero-order valence-corrected chi connectivity index (χ0v) is 16.1. The summed E-state index contributed by atoms with van der Waals surface area (Å²) in [6, 6.07) is 5.22. The van der Waals surface area contributed by atoms with Crippen molar-refractivity contribution in [1.82, 2.24) is 9.21 Å². The van der Waals surface area contributed by atoms with E-state index < -0.39 is 10.0 Å². The summed E-state index contributed by atoms with van der Waals surface area (Å²) in [4.78, 5) is 14.4. The molecule has 134 valence electrons. The Morgan fingerprint density at radius 2 is 1.62 bits per heavy atom. The van der Waals surface area contributed by atoms with Crippen LogP contribution in [0.5, 0.6) is 0 Å². The average molecular weight is 353 g/mol. The van der Waals surface area contributed by atoms with Gasteiger partial charge in [-0.15, -0.1) is 0 Å². The van der Waals surface area contributed by atoms with Gasteiger partial charge in [0.1, 0.15) is 0 Å². The lowest BCUT2D eigenvalue weighted by molar-refractivity contribution is -0.134. The Kier molecular flexibility index (Phi) is 5.40. The van der Waals surface area contributed by atoms with Crippen LogP contribution in [-0.4, -0.2) is 49.7 Å². The van der Waals surface area contributed by atoms with Crippen molar-refractivity contribution < 1.29 is 13.2 Å². The Balaban J connectivity index is 2.05. The van der Waals surface area contributed by atoms with Gasteiger partial charge in [-0.05, 0) is 42.5 Å². The molecule has 0 radical (unpaired) electrons. The van der Waals surface area contributed by atoms with Crippen molar-refractivity contribution in [1.29, 1.82) is 0 Å². The van der Waals surface area contributed by atoms with Gasteiger partial charge < -0.3 is 4.90 Å². The normalized spacial score (nSPS) is 17.1. The summed E-state index contributed by atoms with van der Waals surface area (Å²) < 4.78 is 27.0. The number of hydrogen-bond donors (Lipinski definition) is 0. The van der Waals surface area contributed by atoms with Crippen molar-refractivity contribution in [3.05, 3.63) is 29.3 Å². The number of nitrogens with zero attached hydrogens (tertiary/aromatic N) is 2. The third-order valence-electron chi connectivity index (χ3n) is 4.39. The fraction of sp³-hybridized carbons (Fsp3) is 0.611. The first-order valence-corrected chi connectivity index (χ1v) is 9.80. The predicted molar refractivity (Wildman–Crippen MR) is 95.3 cm³/mol. The number of hydrogen-bond acceptors (Lipinski definition) is 3. The molecule has 0 N–H and O–H groups in total. The average Bonchev–Trinajstić information content (AvgIpc) is 2.48. The molecule has 0 aromatic heterocycles. The van der Waals surface area contributed by atoms with Crippen LogP contribution in [0.4, 0.5) is 0 Å². The summed E-state index contributed by atoms with van der Waals surface area (Å²) in [6.45, 7) is 11.6. The van der Waals surface area contributed by atoms with Crippen molar-refractivity contribution in [2.24, 2.45) is 5.41 Å². The van der Waals surface area contributed by atoms with E-state index >= 15 is 0 Å². The third kappa shape index (κ3) is 4.36. The summed E-state index contributed by atoms with van der Waals surface area (Å²) in [6.07, 6.45) is 0.483. The van der Waals surface area contributed by atoms with Gasteiger partial charge in [-0.3, -0.25) is 4.79 Å². The van der Waals surface area contributed by atoms with Crippen LogP contribution in [0.3, 0.4) is 0 Å². The highest BCUT2D eigenvalue weighted by molar-refractivity contribution is 7.89. The second-order valence-corrected chi connectivity index (χ2v) is 9.71. The fourth-order valence-corrected chi connectivity index (χ4v) is 4.27. The summed E-state index contributed by atoms with van der Waals surface area (Å²) >= 11 is 0. The van der Waals surface area contributed by atoms with E-state index in [2.05, 4.69) is 0 Å². The molecule has 0 atom stereocenters. The highest BCUT2D eigenvalue weighted by Crippen LogP contribution is 2.23. The van der Waals surface area contributed by atoms with Crippen LogP contribution in [0.15, 0.2) is 23.1 Å². The van der Waals surface area contributed by atoms with Crippen LogP contribution in [-0.2, 0) is 14.8 Å². The molecule has 0 saturated carbocycles. The van der Waals surface area contributed by atoms with Crippen LogP contribution in [0, 0.1) is 19.3 Å². The first-order chi connectivity index (χ1) is 11.0. The molecule has 1 amide bonds. The van der Waals surface area contributed by atoms with Crippen LogP contribution in [0.25, 0.3) is 0 Å². The van der Waals surface area contributed by atoms with Crippen molar-refractivity contribution in [2.45, 2.75) is 45.9 Å². The molecule has 1 aliphatic rings. The molecule has 0 aliphatic carbocycles. The summed E-state index contributed by atoms with van der Waals surface area (Å²) in [7, 11) is -3.49. The maximum atomic E-state index is 12.8. The Labute approximate surface area is 145 Å². The molecule has 0 spiro atoms. The molecule has 1 aromatic rings. The van der Waals surface area contributed by atoms with Gasteiger partial charge in [-0.25, -0.2) is 8.42 Å². The number of piperazine rings is 1. The summed E-state index contributed by atoms with van der Waals surface area (Å²) in [5, 5.41) is 0. The molecular weight excluding hydrogens is 324 g/mol. The van der Waals surface area contributed by atoms with Crippen LogP contribution >= 0.6 is 0 Å². The minimum atomic E-state index is -3.49. The van der Waals surface area contributed by atoms with E-state index in [1.54, 1.807) is 17.0 Å². The van der Waals surface area contributed by atoms with Crippen LogP contribution < -0.4 is 0 Å². The molecule has 0 bridgehead atoms. The van der Waals surface area contributed by atoms with Gasteiger partial charge in [-0.1, -0.05) is 26.8 Å². The SMILES string of the molecule is Cc1ccc(S(=O)(=O)N2CCN(C(=O)CC(C)(C)C)CC2)cc1C. The van der Waals surface area contributed by atoms with E-state index in [0.717, 1.165) is 11.1 Å². The summed E-state index contributed by atoms with van der Waals surface area (Å²) in [5.74, 6) is 0.103. The minimum Gasteiger partial charge on any atom is -0.340 e. The van der Waals surface area contributed by atoms with Gasteiger partial charge in [0.25, 0.3) is 0 Å². The minimum absolute atomic E-state index is 0.0558. The maximum Gasteiger partial charge on any atom is 0.243 e. The molecule has 1 aliphatic heterocycles. The number of benzene rings is 1. The molecule has 0 unspecified atom stereocenters. The van der Waals surface area contributed by atoms with Gasteiger partial charge in [0.15, 0.2) is 0 Å². The molecule has 5 nitrogen and oxygen atoms in total. The monoisotopic (exact) mass is 352 g/mol. The number of rotatable bonds is 3. The van der Waals surface area contributed by atoms with Gasteiger partial charge in [0.05, 0.1) is 4.90 Å². The van der Waals surface area contributed by atoms with Crippen molar-refractivity contribution in [2.75, 3.05) is 26.2 Å². The first-order valence-electron chi connectivity index (χ1n) is 8.36. The van der Waals surface area contributed by atoms with Crippen molar-refractivity contribution in [3.63, 3.8) is 0 Å². The Bertz CT molecular complexity index is 712. The lowest BCUT2D eigenvalue weighted by Crippen LogP contribution is -2.51. The fourth-order valence-electron chi connectivity index (χ4n) is 2.77. The molecule has 1 heterocycles. The van der Waals surface area contributed by atoms with E-state index in [4.69, 9.17) is 0 Å². The molecule has 1 saturated heterocycles. The standard InChI is InChI=1S/C18H28N2O3S/c1-14-6-7-16(12-15(14)2)24(22,23)20-10-8-19(9-11-20)17(21)13-18(3,4)5/h6-7,12H,8-11,13H2,1-5H3. The van der Waals surface area contributed by atoms with E-state index in [0.29, 0.717) is 37.5 Å². The molecule has 6 heteroatoms. The Morgan fingerprint density at radius 1 is 1.04 bits per heavy atom. The molecule has 1 fully saturated rings. The topological polar surface area (TPSA) is 57.7 Å². The van der Waals surface area contributed by atoms with Gasteiger partial charge in [0, 0.05) is 32.6 Å². The smallest absolute Gasteiger partial charge is 0.243 e. The quantitative estimate of drug-likeness (QED) is 0.840. The number of amides is 1. The van der Waals surface area contributed by atoms with Crippen LogP contribution in [0.1, 0.15) is 38.3 Å². The molecule has 24 heavy (non-hydrogen) atoms. The molecular formula is C18H28N2O3S. The van der Waals surface area contributed by atoms with Gasteiger partial charge >= 0.3 is 0 Å².